The van der Waals surface area contributed by atoms with E-state index in [1.807, 2.05) is 0 Å². The van der Waals surface area contributed by atoms with E-state index >= 15 is 0 Å². The van der Waals surface area contributed by atoms with Crippen molar-refractivity contribution in [1.29, 1.82) is 0 Å². The summed E-state index contributed by atoms with van der Waals surface area (Å²) in [6.07, 6.45) is -1.44. The van der Waals surface area contributed by atoms with Crippen LogP contribution in [0.1, 0.15) is 5.56 Å². The van der Waals surface area contributed by atoms with Crippen molar-refractivity contribution in [2.45, 2.75) is 12.5 Å². The van der Waals surface area contributed by atoms with Crippen LogP contribution in [0.2, 0.25) is 0 Å². The highest BCUT2D eigenvalue weighted by atomic mass is 79.9. The summed E-state index contributed by atoms with van der Waals surface area (Å²) in [4.78, 5) is 10.6. The quantitative estimate of drug-likeness (QED) is 0.861. The largest absolute Gasteiger partial charge is 0.493 e. The van der Waals surface area contributed by atoms with Gasteiger partial charge in [0.1, 0.15) is 0 Å². The number of aliphatic carboxylic acids is 1. The molecule has 0 bridgehead atoms. The number of carboxylic acids is 1. The maximum Gasteiger partial charge on any atom is 0.332 e. The molecule has 0 aliphatic rings. The summed E-state index contributed by atoms with van der Waals surface area (Å²) in [6, 6.07) is 3.30. The molecule has 0 aliphatic carbocycles. The van der Waals surface area contributed by atoms with E-state index in [0.29, 0.717) is 21.5 Å². The highest BCUT2D eigenvalue weighted by molar-refractivity contribution is 9.10. The van der Waals surface area contributed by atoms with E-state index in [4.69, 9.17) is 14.6 Å². The molecule has 0 saturated heterocycles. The van der Waals surface area contributed by atoms with Crippen molar-refractivity contribution in [1.82, 2.24) is 0 Å². The van der Waals surface area contributed by atoms with Crippen LogP contribution in [0.25, 0.3) is 0 Å². The van der Waals surface area contributed by atoms with E-state index in [-0.39, 0.29) is 6.42 Å². The Morgan fingerprint density at radius 1 is 1.35 bits per heavy atom. The van der Waals surface area contributed by atoms with Gasteiger partial charge in [0.2, 0.25) is 0 Å². The molecule has 0 amide bonds. The predicted octanol–water partition coefficient (Wildman–Crippen LogP) is 1.45. The van der Waals surface area contributed by atoms with Crippen molar-refractivity contribution in [2.24, 2.45) is 0 Å². The van der Waals surface area contributed by atoms with Crippen molar-refractivity contribution >= 4 is 21.9 Å². The summed E-state index contributed by atoms with van der Waals surface area (Å²) in [5, 5.41) is 17.9. The van der Waals surface area contributed by atoms with E-state index in [0.717, 1.165) is 0 Å². The van der Waals surface area contributed by atoms with Gasteiger partial charge in [-0.3, -0.25) is 0 Å². The minimum absolute atomic E-state index is 0.00370. The molecule has 0 aromatic heterocycles. The number of halogens is 1. The van der Waals surface area contributed by atoms with Gasteiger partial charge in [0, 0.05) is 10.9 Å². The highest BCUT2D eigenvalue weighted by Crippen LogP contribution is 2.33. The Hall–Kier alpha value is -1.27. The molecule has 0 aliphatic heterocycles. The molecule has 1 unspecified atom stereocenters. The number of carboxylic acid groups (broad SMARTS) is 1. The first-order valence-corrected chi connectivity index (χ1v) is 5.60. The van der Waals surface area contributed by atoms with Gasteiger partial charge in [0.15, 0.2) is 17.6 Å². The Morgan fingerprint density at radius 2 is 1.88 bits per heavy atom. The highest BCUT2D eigenvalue weighted by Gasteiger charge is 2.17. The Bertz CT molecular complexity index is 419. The maximum absolute atomic E-state index is 10.6. The van der Waals surface area contributed by atoms with Gasteiger partial charge in [0.05, 0.1) is 14.2 Å². The third kappa shape index (κ3) is 3.34. The molecule has 1 aromatic carbocycles. The van der Waals surface area contributed by atoms with Gasteiger partial charge in [-0.1, -0.05) is 15.9 Å². The number of rotatable bonds is 5. The molecule has 0 heterocycles. The van der Waals surface area contributed by atoms with Crippen LogP contribution < -0.4 is 9.47 Å². The van der Waals surface area contributed by atoms with E-state index in [2.05, 4.69) is 15.9 Å². The molecule has 1 atom stereocenters. The van der Waals surface area contributed by atoms with Crippen molar-refractivity contribution in [3.05, 3.63) is 22.2 Å². The van der Waals surface area contributed by atoms with Crippen molar-refractivity contribution in [3.63, 3.8) is 0 Å². The predicted molar refractivity (Wildman–Crippen MR) is 64.6 cm³/mol. The van der Waals surface area contributed by atoms with E-state index in [1.165, 1.54) is 14.2 Å². The second-order valence-corrected chi connectivity index (χ2v) is 4.21. The molecular weight excluding hydrogens is 292 g/mol. The lowest BCUT2D eigenvalue weighted by molar-refractivity contribution is -0.146. The van der Waals surface area contributed by atoms with Crippen LogP contribution in [0.3, 0.4) is 0 Å². The number of aliphatic hydroxyl groups excluding tert-OH is 1. The molecular formula is C11H13BrO5. The summed E-state index contributed by atoms with van der Waals surface area (Å²) < 4.78 is 10.9. The number of benzene rings is 1. The molecule has 1 aromatic rings. The second kappa shape index (κ2) is 5.88. The van der Waals surface area contributed by atoms with Gasteiger partial charge in [-0.15, -0.1) is 0 Å². The number of aliphatic hydroxyl groups is 1. The minimum Gasteiger partial charge on any atom is -0.493 e. The van der Waals surface area contributed by atoms with Crippen molar-refractivity contribution in [3.8, 4) is 11.5 Å². The molecule has 1 rings (SSSR count). The fraction of sp³-hybridized carbons (Fsp3) is 0.364. The Morgan fingerprint density at radius 3 is 2.35 bits per heavy atom. The van der Waals surface area contributed by atoms with Gasteiger partial charge in [-0.05, 0) is 17.7 Å². The summed E-state index contributed by atoms with van der Waals surface area (Å²) in [7, 11) is 3.00. The fourth-order valence-electron chi connectivity index (χ4n) is 1.35. The first kappa shape index (κ1) is 13.8. The zero-order chi connectivity index (χ0) is 13.0. The topological polar surface area (TPSA) is 76.0 Å². The molecule has 6 heteroatoms. The second-order valence-electron chi connectivity index (χ2n) is 3.36. The average Bonchev–Trinajstić information content (AvgIpc) is 2.30. The lowest BCUT2D eigenvalue weighted by atomic mass is 10.1. The first-order chi connectivity index (χ1) is 7.99. The summed E-state index contributed by atoms with van der Waals surface area (Å²) in [6.45, 7) is 0. The maximum atomic E-state index is 10.6. The normalized spacial score (nSPS) is 12.0. The third-order valence-electron chi connectivity index (χ3n) is 2.25. The van der Waals surface area contributed by atoms with Crippen LogP contribution in [0, 0.1) is 0 Å². The molecule has 2 N–H and O–H groups in total. The van der Waals surface area contributed by atoms with Crippen LogP contribution in [-0.4, -0.2) is 36.5 Å². The smallest absolute Gasteiger partial charge is 0.332 e. The molecule has 17 heavy (non-hydrogen) atoms. The third-order valence-corrected chi connectivity index (χ3v) is 2.99. The number of methoxy groups -OCH3 is 2. The number of ether oxygens (including phenoxy) is 2. The summed E-state index contributed by atoms with van der Waals surface area (Å²) >= 11 is 3.29. The van der Waals surface area contributed by atoms with E-state index < -0.39 is 12.1 Å². The number of hydrogen-bond donors (Lipinski definition) is 2. The molecule has 0 spiro atoms. The zero-order valence-corrected chi connectivity index (χ0v) is 11.0. The van der Waals surface area contributed by atoms with E-state index in [9.17, 15) is 9.90 Å². The molecule has 5 nitrogen and oxygen atoms in total. The summed E-state index contributed by atoms with van der Waals surface area (Å²) in [5.41, 5.74) is 0.637. The monoisotopic (exact) mass is 304 g/mol. The molecule has 0 saturated carbocycles. The van der Waals surface area contributed by atoms with Gasteiger partial charge in [-0.2, -0.15) is 0 Å². The van der Waals surface area contributed by atoms with Crippen molar-refractivity contribution < 1.29 is 24.5 Å². The van der Waals surface area contributed by atoms with Crippen LogP contribution >= 0.6 is 15.9 Å². The Labute approximate surface area is 107 Å². The zero-order valence-electron chi connectivity index (χ0n) is 9.44. The lowest BCUT2D eigenvalue weighted by Gasteiger charge is -2.13. The average molecular weight is 305 g/mol. The summed E-state index contributed by atoms with van der Waals surface area (Å²) in [5.74, 6) is -0.233. The molecule has 0 fully saturated rings. The van der Waals surface area contributed by atoms with E-state index in [1.54, 1.807) is 12.1 Å². The van der Waals surface area contributed by atoms with Crippen molar-refractivity contribution in [2.75, 3.05) is 14.2 Å². The lowest BCUT2D eigenvalue weighted by Crippen LogP contribution is -2.22. The van der Waals surface area contributed by atoms with Gasteiger partial charge >= 0.3 is 5.97 Å². The molecule has 94 valence electrons. The van der Waals surface area contributed by atoms with Gasteiger partial charge < -0.3 is 19.7 Å². The fourth-order valence-corrected chi connectivity index (χ4v) is 1.83. The Kier molecular flexibility index (Phi) is 4.77. The minimum atomic E-state index is -1.44. The first-order valence-electron chi connectivity index (χ1n) is 4.80. The van der Waals surface area contributed by atoms with Gasteiger partial charge in [-0.25, -0.2) is 4.79 Å². The number of hydrogen-bond acceptors (Lipinski definition) is 4. The molecule has 0 radical (unpaired) electrons. The van der Waals surface area contributed by atoms with Crippen LogP contribution in [0.4, 0.5) is 0 Å². The number of carbonyl (C=O) groups is 1. The van der Waals surface area contributed by atoms with Crippen LogP contribution in [0.5, 0.6) is 11.5 Å². The SMILES string of the molecule is COc1cc(Br)c(CC(O)C(=O)O)cc1OC. The van der Waals surface area contributed by atoms with Gasteiger partial charge in [0.25, 0.3) is 0 Å². The standard InChI is InChI=1S/C11H13BrO5/c1-16-9-4-6(3-8(13)11(14)15)7(12)5-10(9)17-2/h4-5,8,13H,3H2,1-2H3,(H,14,15). The van der Waals surface area contributed by atoms with Crippen LogP contribution in [-0.2, 0) is 11.2 Å². The Balaban J connectivity index is 3.04. The van der Waals surface area contributed by atoms with Crippen LogP contribution in [0.15, 0.2) is 16.6 Å².